The lowest BCUT2D eigenvalue weighted by atomic mass is 10.3. The number of hydrogen-bond donors (Lipinski definition) is 2. The second-order valence-corrected chi connectivity index (χ2v) is 6.19. The number of ether oxygens (including phenoxy) is 1. The molecule has 1 aromatic heterocycles. The van der Waals surface area contributed by atoms with Crippen LogP contribution in [0.25, 0.3) is 0 Å². The van der Waals surface area contributed by atoms with Crippen LogP contribution >= 0.6 is 0 Å². The van der Waals surface area contributed by atoms with E-state index in [1.807, 2.05) is 42.8 Å². The van der Waals surface area contributed by atoms with Gasteiger partial charge in [0.05, 0.1) is 5.69 Å². The Kier molecular flexibility index (Phi) is 7.20. The van der Waals surface area contributed by atoms with Crippen LogP contribution in [0, 0.1) is 13.8 Å². The Hall–Kier alpha value is -2.83. The summed E-state index contributed by atoms with van der Waals surface area (Å²) < 4.78 is 7.28. The van der Waals surface area contributed by atoms with Crippen LogP contribution in [0.15, 0.2) is 36.4 Å². The van der Waals surface area contributed by atoms with Crippen LogP contribution in [0.3, 0.4) is 0 Å². The number of amides is 2. The van der Waals surface area contributed by atoms with Gasteiger partial charge in [-0.1, -0.05) is 18.2 Å². The zero-order valence-electron chi connectivity index (χ0n) is 15.5. The number of rotatable bonds is 9. The summed E-state index contributed by atoms with van der Waals surface area (Å²) in [6.07, 6.45) is 0.769. The minimum absolute atomic E-state index is 0.125. The maximum atomic E-state index is 12.0. The highest BCUT2D eigenvalue weighted by atomic mass is 16.5. The highest BCUT2D eigenvalue weighted by Gasteiger charge is 2.15. The zero-order valence-corrected chi connectivity index (χ0v) is 15.5. The molecule has 0 bridgehead atoms. The van der Waals surface area contributed by atoms with Gasteiger partial charge in [0.15, 0.2) is 6.61 Å². The zero-order chi connectivity index (χ0) is 18.9. The number of carbonyl (C=O) groups is 2. The molecular weight excluding hydrogens is 332 g/mol. The first-order valence-corrected chi connectivity index (χ1v) is 8.71. The molecule has 2 amide bonds. The standard InChI is InChI=1S/C19H26N4O3/c1-14-12-15(2)23(22-14)11-7-10-20-19(25)16(3)21-18(24)13-26-17-8-5-4-6-9-17/h4-6,8-9,12,16H,7,10-11,13H2,1-3H3,(H,20,25)(H,21,24). The largest absolute Gasteiger partial charge is 0.484 e. The van der Waals surface area contributed by atoms with Crippen molar-refractivity contribution in [1.29, 1.82) is 0 Å². The molecule has 0 fully saturated rings. The quantitative estimate of drug-likeness (QED) is 0.667. The second kappa shape index (κ2) is 9.60. The van der Waals surface area contributed by atoms with Crippen molar-refractivity contribution in [1.82, 2.24) is 20.4 Å². The van der Waals surface area contributed by atoms with Crippen molar-refractivity contribution >= 4 is 11.8 Å². The van der Waals surface area contributed by atoms with Gasteiger partial charge in [-0.2, -0.15) is 5.10 Å². The number of aryl methyl sites for hydroxylation is 3. The van der Waals surface area contributed by atoms with E-state index in [4.69, 9.17) is 4.74 Å². The molecule has 1 heterocycles. The number of para-hydroxylation sites is 1. The molecule has 0 saturated heterocycles. The Bertz CT molecular complexity index is 728. The van der Waals surface area contributed by atoms with Crippen molar-refractivity contribution in [3.8, 4) is 5.75 Å². The first kappa shape index (κ1) is 19.5. The topological polar surface area (TPSA) is 85.2 Å². The van der Waals surface area contributed by atoms with Gasteiger partial charge < -0.3 is 15.4 Å². The lowest BCUT2D eigenvalue weighted by molar-refractivity contribution is -0.129. The summed E-state index contributed by atoms with van der Waals surface area (Å²) in [4.78, 5) is 23.9. The molecule has 26 heavy (non-hydrogen) atoms. The number of nitrogens with one attached hydrogen (secondary N) is 2. The molecule has 0 aliphatic heterocycles. The summed E-state index contributed by atoms with van der Waals surface area (Å²) in [5.41, 5.74) is 2.09. The van der Waals surface area contributed by atoms with E-state index in [0.29, 0.717) is 12.3 Å². The smallest absolute Gasteiger partial charge is 0.258 e. The van der Waals surface area contributed by atoms with E-state index in [0.717, 1.165) is 24.4 Å². The molecule has 1 unspecified atom stereocenters. The summed E-state index contributed by atoms with van der Waals surface area (Å²) in [5, 5.41) is 9.83. The molecule has 140 valence electrons. The van der Waals surface area contributed by atoms with Crippen LogP contribution in [0.5, 0.6) is 5.75 Å². The summed E-state index contributed by atoms with van der Waals surface area (Å²) in [5.74, 6) is 0.0643. The van der Waals surface area contributed by atoms with E-state index in [9.17, 15) is 9.59 Å². The number of hydrogen-bond acceptors (Lipinski definition) is 4. The fourth-order valence-electron chi connectivity index (χ4n) is 2.51. The molecule has 1 atom stereocenters. The lowest BCUT2D eigenvalue weighted by Gasteiger charge is -2.14. The van der Waals surface area contributed by atoms with Gasteiger partial charge in [-0.05, 0) is 45.4 Å². The van der Waals surface area contributed by atoms with E-state index in [1.54, 1.807) is 19.1 Å². The first-order chi connectivity index (χ1) is 12.5. The monoisotopic (exact) mass is 358 g/mol. The van der Waals surface area contributed by atoms with Gasteiger partial charge in [-0.25, -0.2) is 0 Å². The fourth-order valence-corrected chi connectivity index (χ4v) is 2.51. The van der Waals surface area contributed by atoms with Gasteiger partial charge in [-0.3, -0.25) is 14.3 Å². The second-order valence-electron chi connectivity index (χ2n) is 6.19. The molecule has 0 spiro atoms. The lowest BCUT2D eigenvalue weighted by Crippen LogP contribution is -2.46. The molecule has 2 rings (SSSR count). The Balaban J connectivity index is 1.63. The van der Waals surface area contributed by atoms with Crippen molar-refractivity contribution in [3.05, 3.63) is 47.8 Å². The Labute approximate surface area is 153 Å². The molecule has 2 N–H and O–H groups in total. The van der Waals surface area contributed by atoms with Crippen LogP contribution in [0.2, 0.25) is 0 Å². The Morgan fingerprint density at radius 1 is 1.23 bits per heavy atom. The maximum absolute atomic E-state index is 12.0. The molecule has 7 nitrogen and oxygen atoms in total. The average Bonchev–Trinajstić information content (AvgIpc) is 2.95. The summed E-state index contributed by atoms with van der Waals surface area (Å²) >= 11 is 0. The highest BCUT2D eigenvalue weighted by molar-refractivity contribution is 5.87. The van der Waals surface area contributed by atoms with Gasteiger partial charge in [0.1, 0.15) is 11.8 Å². The van der Waals surface area contributed by atoms with Gasteiger partial charge in [-0.15, -0.1) is 0 Å². The molecule has 2 aromatic rings. The molecule has 7 heteroatoms. The molecule has 1 aromatic carbocycles. The van der Waals surface area contributed by atoms with E-state index in [2.05, 4.69) is 15.7 Å². The maximum Gasteiger partial charge on any atom is 0.258 e. The number of nitrogens with zero attached hydrogens (tertiary/aromatic N) is 2. The van der Waals surface area contributed by atoms with Gasteiger partial charge >= 0.3 is 0 Å². The first-order valence-electron chi connectivity index (χ1n) is 8.71. The minimum atomic E-state index is -0.615. The van der Waals surface area contributed by atoms with Crippen molar-refractivity contribution in [3.63, 3.8) is 0 Å². The molecule has 0 radical (unpaired) electrons. The predicted octanol–water partition coefficient (Wildman–Crippen LogP) is 1.59. The van der Waals surface area contributed by atoms with E-state index in [1.165, 1.54) is 0 Å². The molecule has 0 saturated carbocycles. The number of carbonyl (C=O) groups excluding carboxylic acids is 2. The van der Waals surface area contributed by atoms with Crippen molar-refractivity contribution < 1.29 is 14.3 Å². The van der Waals surface area contributed by atoms with Crippen molar-refractivity contribution in [2.45, 2.75) is 39.8 Å². The van der Waals surface area contributed by atoms with Crippen molar-refractivity contribution in [2.24, 2.45) is 0 Å². The average molecular weight is 358 g/mol. The summed E-state index contributed by atoms with van der Waals surface area (Å²) in [6.45, 7) is 6.75. The predicted molar refractivity (Wildman–Crippen MR) is 98.9 cm³/mol. The number of aromatic nitrogens is 2. The highest BCUT2D eigenvalue weighted by Crippen LogP contribution is 2.07. The van der Waals surface area contributed by atoms with E-state index < -0.39 is 6.04 Å². The third kappa shape index (κ3) is 6.23. The third-order valence-corrected chi connectivity index (χ3v) is 3.83. The Morgan fingerprint density at radius 3 is 2.62 bits per heavy atom. The van der Waals surface area contributed by atoms with Crippen LogP contribution in [0.4, 0.5) is 0 Å². The Morgan fingerprint density at radius 2 is 1.96 bits per heavy atom. The van der Waals surface area contributed by atoms with Crippen LogP contribution < -0.4 is 15.4 Å². The molecular formula is C19H26N4O3. The summed E-state index contributed by atoms with van der Waals surface area (Å²) in [7, 11) is 0. The summed E-state index contributed by atoms with van der Waals surface area (Å²) in [6, 6.07) is 10.5. The van der Waals surface area contributed by atoms with Crippen LogP contribution in [-0.4, -0.2) is 40.8 Å². The molecule has 0 aliphatic carbocycles. The van der Waals surface area contributed by atoms with Gasteiger partial charge in [0.2, 0.25) is 5.91 Å². The van der Waals surface area contributed by atoms with E-state index >= 15 is 0 Å². The van der Waals surface area contributed by atoms with Gasteiger partial charge in [0.25, 0.3) is 5.91 Å². The fraction of sp³-hybridized carbons (Fsp3) is 0.421. The van der Waals surface area contributed by atoms with Crippen LogP contribution in [-0.2, 0) is 16.1 Å². The van der Waals surface area contributed by atoms with Gasteiger partial charge in [0, 0.05) is 18.8 Å². The normalized spacial score (nSPS) is 11.7. The van der Waals surface area contributed by atoms with E-state index in [-0.39, 0.29) is 18.4 Å². The SMILES string of the molecule is Cc1cc(C)n(CCCNC(=O)C(C)NC(=O)COc2ccccc2)n1. The number of benzene rings is 1. The van der Waals surface area contributed by atoms with Crippen LogP contribution in [0.1, 0.15) is 24.7 Å². The van der Waals surface area contributed by atoms with Crippen molar-refractivity contribution in [2.75, 3.05) is 13.2 Å². The molecule has 0 aliphatic rings. The third-order valence-electron chi connectivity index (χ3n) is 3.83. The minimum Gasteiger partial charge on any atom is -0.484 e.